The molecule has 0 N–H and O–H groups in total. The average Bonchev–Trinajstić information content (AvgIpc) is 1.35. The summed E-state index contributed by atoms with van der Waals surface area (Å²) in [4.78, 5) is 0. The van der Waals surface area contributed by atoms with Crippen molar-refractivity contribution in [2.75, 3.05) is 0 Å². The van der Waals surface area contributed by atoms with Gasteiger partial charge in [0.05, 0.1) is 0 Å². The van der Waals surface area contributed by atoms with Gasteiger partial charge in [-0.25, -0.2) is 5.92 Å². The molecule has 0 aliphatic heterocycles. The Kier molecular flexibility index (Phi) is 4.98. The summed E-state index contributed by atoms with van der Waals surface area (Å²) in [5, 5.41) is 0. The molecular weight excluding hydrogens is 116 g/mol. The van der Waals surface area contributed by atoms with E-state index in [0.29, 0.717) is 5.92 Å². The van der Waals surface area contributed by atoms with Gasteiger partial charge in [0.25, 0.3) is 0 Å². The van der Waals surface area contributed by atoms with E-state index < -0.39 is 6.18 Å². The van der Waals surface area contributed by atoms with E-state index >= 15 is 0 Å². The first-order valence-electron chi connectivity index (χ1n) is 1.07. The molecule has 0 heterocycles. The fraction of sp³-hybridized carbons (Fsp3) is 0.333. The van der Waals surface area contributed by atoms with E-state index in [0.717, 1.165) is 0 Å². The number of halogens is 3. The van der Waals surface area contributed by atoms with Crippen LogP contribution in [-0.4, -0.2) is 6.18 Å². The topological polar surface area (TPSA) is 0 Å². The molecule has 0 rings (SSSR count). The summed E-state index contributed by atoms with van der Waals surface area (Å²) in [5.74, 6) is 0.354. The molecule has 0 amide bonds. The van der Waals surface area contributed by atoms with Crippen molar-refractivity contribution >= 4 is 0 Å². The van der Waals surface area contributed by atoms with Crippen molar-refractivity contribution in [1.82, 2.24) is 0 Å². The third kappa shape index (κ3) is 10.7. The van der Waals surface area contributed by atoms with Crippen molar-refractivity contribution in [2.45, 2.75) is 6.18 Å². The van der Waals surface area contributed by atoms with E-state index in [1.54, 1.807) is 0 Å². The molecule has 0 radical (unpaired) electrons. The molecule has 0 fully saturated rings. The number of hydrogen-bond donors (Lipinski definition) is 0. The van der Waals surface area contributed by atoms with Gasteiger partial charge in [-0.2, -0.15) is 13.2 Å². The van der Waals surface area contributed by atoms with Gasteiger partial charge < -0.3 is 6.42 Å². The Hall–Kier alpha value is 0.350. The molecule has 0 saturated carbocycles. The van der Waals surface area contributed by atoms with Gasteiger partial charge >= 0.3 is 35.7 Å². The van der Waals surface area contributed by atoms with Crippen LogP contribution in [0.2, 0.25) is 0 Å². The van der Waals surface area contributed by atoms with Gasteiger partial charge in [-0.05, 0) is 0 Å². The van der Waals surface area contributed by atoms with E-state index in [1.165, 1.54) is 0 Å². The fourth-order valence-corrected chi connectivity index (χ4v) is 0. The van der Waals surface area contributed by atoms with Gasteiger partial charge in [0.15, 0.2) is 0 Å². The van der Waals surface area contributed by atoms with Crippen LogP contribution in [0.15, 0.2) is 0 Å². The summed E-state index contributed by atoms with van der Waals surface area (Å²) in [7, 11) is 0. The zero-order chi connectivity index (χ0) is 5.21. The molecule has 0 aliphatic rings. The molecule has 0 aromatic rings. The average molecular weight is 116 g/mol. The quantitative estimate of drug-likeness (QED) is 0.198. The molecule has 0 aromatic carbocycles. The fourth-order valence-electron chi connectivity index (χ4n) is 0. The zero-order valence-electron chi connectivity index (χ0n) is 3.63. The Bertz CT molecular complexity index is 77.2. The third-order valence-corrected chi connectivity index (χ3v) is 0.142. The van der Waals surface area contributed by atoms with Gasteiger partial charge in [0, 0.05) is 0 Å². The van der Waals surface area contributed by atoms with Gasteiger partial charge in [-0.15, -0.1) is 0 Å². The summed E-state index contributed by atoms with van der Waals surface area (Å²) < 4.78 is 31.5. The molecule has 0 aromatic heterocycles. The molecule has 0 nitrogen and oxygen atoms in total. The van der Waals surface area contributed by atoms with Gasteiger partial charge in [-0.1, -0.05) is 0 Å². The SMILES string of the molecule is [C-]#CC(F)(F)F.[Na+]. The van der Waals surface area contributed by atoms with Gasteiger partial charge in [0.2, 0.25) is 0 Å². The first kappa shape index (κ1) is 10.4. The van der Waals surface area contributed by atoms with Crippen LogP contribution in [0, 0.1) is 12.3 Å². The Morgan fingerprint density at radius 3 is 1.43 bits per heavy atom. The predicted octanol–water partition coefficient (Wildman–Crippen LogP) is -1.86. The standard InChI is InChI=1S/C3F3.Na/c1-2-3(4,5)6;/q-1;+1. The number of alkyl halides is 3. The third-order valence-electron chi connectivity index (χ3n) is 0.142. The van der Waals surface area contributed by atoms with Crippen molar-refractivity contribution in [3.05, 3.63) is 6.42 Å². The summed E-state index contributed by atoms with van der Waals surface area (Å²) in [6, 6.07) is 0. The molecule has 0 aliphatic carbocycles. The summed E-state index contributed by atoms with van der Waals surface area (Å²) in [6.45, 7) is 0. The minimum absolute atomic E-state index is 0. The van der Waals surface area contributed by atoms with Crippen LogP contribution in [0.1, 0.15) is 0 Å². The van der Waals surface area contributed by atoms with Gasteiger partial charge in [0.1, 0.15) is 0 Å². The molecule has 4 heteroatoms. The molecule has 0 spiro atoms. The van der Waals surface area contributed by atoms with E-state index in [9.17, 15) is 13.2 Å². The number of hydrogen-bond acceptors (Lipinski definition) is 0. The molecule has 34 valence electrons. The molecule has 0 bridgehead atoms. The largest absolute Gasteiger partial charge is 1.00 e. The van der Waals surface area contributed by atoms with Crippen LogP contribution in [0.5, 0.6) is 0 Å². The van der Waals surface area contributed by atoms with Crippen LogP contribution < -0.4 is 29.6 Å². The predicted molar refractivity (Wildman–Crippen MR) is 13.2 cm³/mol. The maximum absolute atomic E-state index is 10.5. The second-order valence-corrected chi connectivity index (χ2v) is 0.623. The molecule has 0 atom stereocenters. The minimum atomic E-state index is -4.54. The molecular formula is C3F3Na. The first-order chi connectivity index (χ1) is 2.56. The van der Waals surface area contributed by atoms with Crippen LogP contribution in [-0.2, 0) is 0 Å². The Labute approximate surface area is 61.4 Å². The Morgan fingerprint density at radius 2 is 1.43 bits per heavy atom. The minimum Gasteiger partial charge on any atom is -0.685 e. The van der Waals surface area contributed by atoms with E-state index in [2.05, 4.69) is 0 Å². The molecule has 0 unspecified atom stereocenters. The smallest absolute Gasteiger partial charge is 0.685 e. The van der Waals surface area contributed by atoms with Crippen LogP contribution in [0.3, 0.4) is 0 Å². The van der Waals surface area contributed by atoms with Crippen molar-refractivity contribution < 1.29 is 42.7 Å². The summed E-state index contributed by atoms with van der Waals surface area (Å²) in [5.41, 5.74) is 0. The zero-order valence-corrected chi connectivity index (χ0v) is 5.63. The molecule has 0 saturated heterocycles. The second-order valence-electron chi connectivity index (χ2n) is 0.623. The molecule has 7 heavy (non-hydrogen) atoms. The van der Waals surface area contributed by atoms with E-state index in [1.807, 2.05) is 0 Å². The van der Waals surface area contributed by atoms with Gasteiger partial charge in [-0.3, -0.25) is 0 Å². The first-order valence-corrected chi connectivity index (χ1v) is 1.07. The van der Waals surface area contributed by atoms with E-state index in [-0.39, 0.29) is 29.6 Å². The maximum atomic E-state index is 10.5. The maximum Gasteiger partial charge on any atom is 1.00 e. The van der Waals surface area contributed by atoms with E-state index in [4.69, 9.17) is 6.42 Å². The second kappa shape index (κ2) is 3.36. The van der Waals surface area contributed by atoms with Crippen molar-refractivity contribution in [3.63, 3.8) is 0 Å². The number of rotatable bonds is 0. The van der Waals surface area contributed by atoms with Crippen LogP contribution in [0.4, 0.5) is 13.2 Å². The summed E-state index contributed by atoms with van der Waals surface area (Å²) >= 11 is 0. The monoisotopic (exact) mass is 116 g/mol. The summed E-state index contributed by atoms with van der Waals surface area (Å²) in [6.07, 6.45) is 0.938. The normalized spacial score (nSPS) is 8.86. The Balaban J connectivity index is 0. The van der Waals surface area contributed by atoms with Crippen molar-refractivity contribution in [2.24, 2.45) is 0 Å². The van der Waals surface area contributed by atoms with Crippen molar-refractivity contribution in [1.29, 1.82) is 0 Å². The van der Waals surface area contributed by atoms with Crippen molar-refractivity contribution in [3.8, 4) is 5.92 Å². The van der Waals surface area contributed by atoms with Crippen LogP contribution >= 0.6 is 0 Å². The van der Waals surface area contributed by atoms with Crippen LogP contribution in [0.25, 0.3) is 0 Å². The Morgan fingerprint density at radius 1 is 1.29 bits per heavy atom.